The molecular formula is C55H36N4O2. The molecule has 1 aliphatic carbocycles. The molecule has 4 heterocycles. The molecule has 288 valence electrons. The molecule has 0 saturated heterocycles. The number of para-hydroxylation sites is 1. The van der Waals surface area contributed by atoms with Crippen molar-refractivity contribution >= 4 is 39.7 Å². The average molecular weight is 785 g/mol. The second-order valence-electron chi connectivity index (χ2n) is 16.1. The van der Waals surface area contributed by atoms with Crippen molar-refractivity contribution in [3.8, 4) is 33.8 Å². The molecule has 8 aromatic carbocycles. The lowest BCUT2D eigenvalue weighted by molar-refractivity contribution is 0.409. The van der Waals surface area contributed by atoms with E-state index < -0.39 is 5.41 Å². The first-order valence-electron chi connectivity index (χ1n) is 20.8. The van der Waals surface area contributed by atoms with E-state index in [0.717, 1.165) is 89.5 Å². The van der Waals surface area contributed by atoms with Crippen LogP contribution in [0.4, 0.5) is 0 Å². The van der Waals surface area contributed by atoms with Gasteiger partial charge in [-0.25, -0.2) is 4.99 Å². The summed E-state index contributed by atoms with van der Waals surface area (Å²) in [6.45, 7) is 0. The van der Waals surface area contributed by atoms with Crippen molar-refractivity contribution in [2.75, 3.05) is 0 Å². The Morgan fingerprint density at radius 3 is 1.98 bits per heavy atom. The van der Waals surface area contributed by atoms with Gasteiger partial charge in [0.1, 0.15) is 40.8 Å². The fourth-order valence-electron chi connectivity index (χ4n) is 10.1. The second kappa shape index (κ2) is 13.1. The third-order valence-electron chi connectivity index (χ3n) is 12.9. The van der Waals surface area contributed by atoms with Gasteiger partial charge in [0.2, 0.25) is 0 Å². The molecule has 4 aliphatic rings. The number of benzene rings is 8. The van der Waals surface area contributed by atoms with Crippen molar-refractivity contribution in [1.29, 1.82) is 0 Å². The van der Waals surface area contributed by atoms with Gasteiger partial charge in [-0.05, 0) is 93.0 Å². The van der Waals surface area contributed by atoms with E-state index in [4.69, 9.17) is 14.1 Å². The molecule has 1 aromatic heterocycles. The Balaban J connectivity index is 0.971. The van der Waals surface area contributed by atoms with Crippen LogP contribution in [0.2, 0.25) is 0 Å². The van der Waals surface area contributed by atoms with Crippen LogP contribution in [0.3, 0.4) is 0 Å². The molecule has 0 amide bonds. The zero-order valence-corrected chi connectivity index (χ0v) is 32.8. The molecule has 2 N–H and O–H groups in total. The summed E-state index contributed by atoms with van der Waals surface area (Å²) in [5, 5.41) is 9.59. The van der Waals surface area contributed by atoms with Crippen molar-refractivity contribution in [1.82, 2.24) is 10.6 Å². The third kappa shape index (κ3) is 5.06. The van der Waals surface area contributed by atoms with E-state index in [9.17, 15) is 0 Å². The first-order chi connectivity index (χ1) is 30.2. The third-order valence-corrected chi connectivity index (χ3v) is 12.9. The number of hydrogen-bond acceptors (Lipinski definition) is 6. The summed E-state index contributed by atoms with van der Waals surface area (Å²) in [5.41, 5.74) is 15.9. The van der Waals surface area contributed by atoms with Crippen LogP contribution in [0, 0.1) is 0 Å². The van der Waals surface area contributed by atoms with E-state index in [1.807, 2.05) is 18.4 Å². The average Bonchev–Trinajstić information content (AvgIpc) is 3.82. The van der Waals surface area contributed by atoms with Gasteiger partial charge in [-0.1, -0.05) is 140 Å². The first-order valence-corrected chi connectivity index (χ1v) is 20.8. The van der Waals surface area contributed by atoms with Crippen LogP contribution in [-0.2, 0) is 5.41 Å². The first kappa shape index (κ1) is 34.1. The summed E-state index contributed by atoms with van der Waals surface area (Å²) >= 11 is 0. The SMILES string of the molecule is C1=NC(c2cccc(C3N=C(c4cccc5oc6ccc(-c7ccc8c(c7)C7(c9ccccc9O8)c8ccccc8-c8ccccc87)cc6c45)NC(c4ccccc4)N3)c2)=C1. The summed E-state index contributed by atoms with van der Waals surface area (Å²) in [6.07, 6.45) is 3.37. The highest BCUT2D eigenvalue weighted by atomic mass is 16.5. The Bertz CT molecular complexity index is 3330. The normalized spacial score (nSPS) is 17.6. The Morgan fingerprint density at radius 2 is 1.18 bits per heavy atom. The monoisotopic (exact) mass is 784 g/mol. The van der Waals surface area contributed by atoms with Gasteiger partial charge in [0.05, 0.1) is 11.1 Å². The van der Waals surface area contributed by atoms with Crippen LogP contribution in [0.5, 0.6) is 11.5 Å². The molecular weight excluding hydrogens is 749 g/mol. The lowest BCUT2D eigenvalue weighted by Gasteiger charge is -2.39. The number of amidine groups is 1. The quantitative estimate of drug-likeness (QED) is 0.182. The maximum Gasteiger partial charge on any atom is 0.136 e. The number of furan rings is 1. The second-order valence-corrected chi connectivity index (χ2v) is 16.1. The lowest BCUT2D eigenvalue weighted by atomic mass is 9.66. The molecule has 13 rings (SSSR count). The molecule has 0 fully saturated rings. The number of nitrogens with one attached hydrogen (secondary N) is 2. The number of allylic oxidation sites excluding steroid dienone is 1. The Labute approximate surface area is 352 Å². The molecule has 1 spiro atoms. The van der Waals surface area contributed by atoms with Gasteiger partial charge < -0.3 is 14.5 Å². The number of nitrogens with zero attached hydrogens (tertiary/aromatic N) is 2. The number of rotatable bonds is 5. The Kier molecular flexibility index (Phi) is 7.32. The largest absolute Gasteiger partial charge is 0.457 e. The Morgan fingerprint density at radius 1 is 0.508 bits per heavy atom. The van der Waals surface area contributed by atoms with E-state index >= 15 is 0 Å². The van der Waals surface area contributed by atoms with E-state index in [-0.39, 0.29) is 12.3 Å². The zero-order chi connectivity index (χ0) is 40.1. The number of ether oxygens (including phenoxy) is 1. The molecule has 61 heavy (non-hydrogen) atoms. The van der Waals surface area contributed by atoms with E-state index in [1.165, 1.54) is 22.3 Å². The predicted octanol–water partition coefficient (Wildman–Crippen LogP) is 12.5. The van der Waals surface area contributed by atoms with Crippen molar-refractivity contribution < 1.29 is 9.15 Å². The van der Waals surface area contributed by atoms with Crippen LogP contribution in [-0.4, -0.2) is 12.1 Å². The molecule has 0 bridgehead atoms. The molecule has 0 saturated carbocycles. The minimum atomic E-state index is -0.542. The van der Waals surface area contributed by atoms with Gasteiger partial charge >= 0.3 is 0 Å². The highest BCUT2D eigenvalue weighted by Crippen LogP contribution is 2.62. The van der Waals surface area contributed by atoms with Crippen molar-refractivity contribution in [2.45, 2.75) is 17.7 Å². The summed E-state index contributed by atoms with van der Waals surface area (Å²) < 4.78 is 13.3. The predicted molar refractivity (Wildman–Crippen MR) is 244 cm³/mol. The van der Waals surface area contributed by atoms with Gasteiger partial charge in [0.25, 0.3) is 0 Å². The molecule has 6 heteroatoms. The Hall–Kier alpha value is -7.80. The van der Waals surface area contributed by atoms with Crippen molar-refractivity contribution in [3.63, 3.8) is 0 Å². The van der Waals surface area contributed by atoms with Crippen LogP contribution in [0.15, 0.2) is 202 Å². The topological polar surface area (TPSA) is 71.2 Å². The highest BCUT2D eigenvalue weighted by Gasteiger charge is 2.51. The summed E-state index contributed by atoms with van der Waals surface area (Å²) in [6, 6.07) is 64.7. The van der Waals surface area contributed by atoms with Crippen LogP contribution in [0.1, 0.15) is 56.8 Å². The van der Waals surface area contributed by atoms with Crippen LogP contribution in [0.25, 0.3) is 49.9 Å². The van der Waals surface area contributed by atoms with E-state index in [0.29, 0.717) is 0 Å². The number of hydrogen-bond donors (Lipinski definition) is 2. The molecule has 2 unspecified atom stereocenters. The summed E-state index contributed by atoms with van der Waals surface area (Å²) in [5.74, 6) is 2.55. The molecule has 6 nitrogen and oxygen atoms in total. The number of aliphatic imine (C=N–C) groups is 2. The van der Waals surface area contributed by atoms with Gasteiger partial charge in [0.15, 0.2) is 0 Å². The molecule has 0 radical (unpaired) electrons. The van der Waals surface area contributed by atoms with Crippen LogP contribution < -0.4 is 15.4 Å². The summed E-state index contributed by atoms with van der Waals surface area (Å²) in [7, 11) is 0. The van der Waals surface area contributed by atoms with E-state index in [1.54, 1.807) is 0 Å². The maximum atomic E-state index is 6.74. The smallest absolute Gasteiger partial charge is 0.136 e. The van der Waals surface area contributed by atoms with Gasteiger partial charge in [-0.3, -0.25) is 10.3 Å². The van der Waals surface area contributed by atoms with Gasteiger partial charge in [0, 0.05) is 39.2 Å². The standard InChI is InChI=1S/C55H36N4O2/c1-2-12-33(13-3-1)52-57-53(37-15-10-14-36(30-37)46-28-29-56-46)59-54(58-52)40-18-11-23-50-51(40)41-31-34(24-26-47(41)60-50)35-25-27-49-45(32-35)55(44-21-8-9-22-48(44)61-49)42-19-6-4-16-38(42)39-17-5-7-20-43(39)55/h1-32,52-53,57H,(H,58,59). The minimum Gasteiger partial charge on any atom is -0.457 e. The minimum absolute atomic E-state index is 0.187. The maximum absolute atomic E-state index is 6.74. The fraction of sp³-hybridized carbons (Fsp3) is 0.0545. The van der Waals surface area contributed by atoms with Gasteiger partial charge in [-0.15, -0.1) is 0 Å². The summed E-state index contributed by atoms with van der Waals surface area (Å²) in [4.78, 5) is 9.84. The molecule has 9 aromatic rings. The van der Waals surface area contributed by atoms with Crippen molar-refractivity contribution in [2.24, 2.45) is 9.98 Å². The highest BCUT2D eigenvalue weighted by molar-refractivity contribution is 6.18. The zero-order valence-electron chi connectivity index (χ0n) is 32.8. The van der Waals surface area contributed by atoms with E-state index in [2.05, 4.69) is 192 Å². The lowest BCUT2D eigenvalue weighted by Crippen LogP contribution is -2.45. The number of fused-ring (bicyclic) bond motifs is 12. The molecule has 3 aliphatic heterocycles. The van der Waals surface area contributed by atoms with Crippen molar-refractivity contribution in [3.05, 3.63) is 233 Å². The fourth-order valence-corrected chi connectivity index (χ4v) is 10.1. The van der Waals surface area contributed by atoms with Crippen LogP contribution >= 0.6 is 0 Å². The molecule has 2 atom stereocenters. The van der Waals surface area contributed by atoms with Gasteiger partial charge in [-0.2, -0.15) is 0 Å².